The number of benzene rings is 1. The number of unbranched alkanes of at least 4 members (excludes halogenated alkanes) is 1. The second-order valence-electron chi connectivity index (χ2n) is 5.38. The normalized spacial score (nSPS) is 12.1. The topological polar surface area (TPSA) is 54.9 Å². The Morgan fingerprint density at radius 3 is 2.74 bits per heavy atom. The van der Waals surface area contributed by atoms with Crippen LogP contribution in [0.2, 0.25) is 0 Å². The average Bonchev–Trinajstić information content (AvgIpc) is 3.02. The van der Waals surface area contributed by atoms with Crippen LogP contribution in [0.1, 0.15) is 45.1 Å². The maximum absolute atomic E-state index is 12.3. The van der Waals surface area contributed by atoms with Crippen LogP contribution in [-0.2, 0) is 10.5 Å². The number of amides is 1. The predicted molar refractivity (Wildman–Crippen MR) is 97.8 cm³/mol. The van der Waals surface area contributed by atoms with E-state index < -0.39 is 0 Å². The first-order valence-electron chi connectivity index (χ1n) is 8.04. The highest BCUT2D eigenvalue weighted by Gasteiger charge is 2.17. The van der Waals surface area contributed by atoms with E-state index in [4.69, 9.17) is 0 Å². The van der Waals surface area contributed by atoms with E-state index >= 15 is 0 Å². The van der Waals surface area contributed by atoms with Crippen LogP contribution in [0.5, 0.6) is 0 Å². The Hall–Kier alpha value is -1.40. The third-order valence-electron chi connectivity index (χ3n) is 3.61. The highest BCUT2D eigenvalue weighted by atomic mass is 32.2. The molecule has 0 radical (unpaired) electrons. The zero-order valence-corrected chi connectivity index (χ0v) is 15.3. The summed E-state index contributed by atoms with van der Waals surface area (Å²) in [5, 5.41) is 11.7. The Balaban J connectivity index is 1.85. The van der Waals surface area contributed by atoms with Crippen molar-refractivity contribution < 1.29 is 4.79 Å². The summed E-state index contributed by atoms with van der Waals surface area (Å²) in [5.41, 5.74) is 1.25. The molecule has 1 amide bonds. The Kier molecular flexibility index (Phi) is 7.55. The van der Waals surface area contributed by atoms with Gasteiger partial charge in [0.15, 0.2) is 4.34 Å². The van der Waals surface area contributed by atoms with Gasteiger partial charge in [-0.1, -0.05) is 80.1 Å². The summed E-state index contributed by atoms with van der Waals surface area (Å²) < 4.78 is 0.880. The summed E-state index contributed by atoms with van der Waals surface area (Å²) >= 11 is 3.08. The molecule has 23 heavy (non-hydrogen) atoms. The zero-order chi connectivity index (χ0) is 16.5. The second-order valence-corrected chi connectivity index (χ2v) is 7.58. The van der Waals surface area contributed by atoms with E-state index in [1.54, 1.807) is 11.8 Å². The molecule has 0 spiro atoms. The molecule has 0 aliphatic heterocycles. The van der Waals surface area contributed by atoms with Crippen LogP contribution in [0, 0.1) is 5.92 Å². The number of carbonyl (C=O) groups is 1. The number of hydrogen-bond acceptors (Lipinski definition) is 5. The molecular formula is C17H23N3OS2. The van der Waals surface area contributed by atoms with Gasteiger partial charge in [0, 0.05) is 11.7 Å². The summed E-state index contributed by atoms with van der Waals surface area (Å²) in [4.78, 5) is 12.3. The van der Waals surface area contributed by atoms with E-state index in [1.165, 1.54) is 16.9 Å². The third kappa shape index (κ3) is 5.95. The largest absolute Gasteiger partial charge is 0.300 e. The number of nitrogens with zero attached hydrogens (tertiary/aromatic N) is 2. The van der Waals surface area contributed by atoms with Crippen molar-refractivity contribution in [3.05, 3.63) is 35.9 Å². The van der Waals surface area contributed by atoms with E-state index in [-0.39, 0.29) is 11.8 Å². The molecule has 0 unspecified atom stereocenters. The van der Waals surface area contributed by atoms with Gasteiger partial charge in [-0.15, -0.1) is 10.2 Å². The molecule has 0 saturated heterocycles. The number of hydrogen-bond donors (Lipinski definition) is 1. The summed E-state index contributed by atoms with van der Waals surface area (Å²) in [6, 6.07) is 10.3. The first-order valence-corrected chi connectivity index (χ1v) is 9.84. The molecule has 1 heterocycles. The Morgan fingerprint density at radius 2 is 2.04 bits per heavy atom. The van der Waals surface area contributed by atoms with Crippen LogP contribution >= 0.6 is 23.1 Å². The van der Waals surface area contributed by atoms with E-state index in [0.29, 0.717) is 5.13 Å². The van der Waals surface area contributed by atoms with Crippen molar-refractivity contribution in [2.45, 2.75) is 49.6 Å². The van der Waals surface area contributed by atoms with Crippen LogP contribution in [0.4, 0.5) is 5.13 Å². The van der Waals surface area contributed by atoms with Gasteiger partial charge in [0.05, 0.1) is 0 Å². The molecule has 0 bridgehead atoms. The number of anilines is 1. The molecule has 1 N–H and O–H groups in total. The minimum Gasteiger partial charge on any atom is -0.300 e. The number of carbonyl (C=O) groups excluding carboxylic acids is 1. The molecule has 0 fully saturated rings. The lowest BCUT2D eigenvalue weighted by molar-refractivity contribution is -0.120. The van der Waals surface area contributed by atoms with Crippen molar-refractivity contribution in [2.24, 2.45) is 5.92 Å². The first kappa shape index (κ1) is 17.9. The predicted octanol–water partition coefficient (Wildman–Crippen LogP) is 4.99. The quantitative estimate of drug-likeness (QED) is 0.512. The fourth-order valence-electron chi connectivity index (χ4n) is 2.22. The van der Waals surface area contributed by atoms with Crippen LogP contribution in [-0.4, -0.2) is 16.1 Å². The molecule has 2 rings (SSSR count). The van der Waals surface area contributed by atoms with E-state index in [9.17, 15) is 4.79 Å². The lowest BCUT2D eigenvalue weighted by Gasteiger charge is -2.12. The van der Waals surface area contributed by atoms with Gasteiger partial charge in [-0.05, 0) is 18.4 Å². The molecular weight excluding hydrogens is 326 g/mol. The lowest BCUT2D eigenvalue weighted by atomic mass is 9.99. The molecule has 1 aromatic heterocycles. The van der Waals surface area contributed by atoms with Crippen molar-refractivity contribution in [3.8, 4) is 0 Å². The highest BCUT2D eigenvalue weighted by molar-refractivity contribution is 8.00. The number of aromatic nitrogens is 2. The Morgan fingerprint density at radius 1 is 1.26 bits per heavy atom. The zero-order valence-electron chi connectivity index (χ0n) is 13.6. The highest BCUT2D eigenvalue weighted by Crippen LogP contribution is 2.28. The molecule has 1 atom stereocenters. The minimum absolute atomic E-state index is 0.0664. The summed E-state index contributed by atoms with van der Waals surface area (Å²) in [5.74, 6) is 0.994. The fraction of sp³-hybridized carbons (Fsp3) is 0.471. The molecule has 124 valence electrons. The van der Waals surface area contributed by atoms with Gasteiger partial charge in [-0.25, -0.2) is 0 Å². The van der Waals surface area contributed by atoms with Crippen molar-refractivity contribution in [3.63, 3.8) is 0 Å². The number of nitrogens with one attached hydrogen (secondary N) is 1. The molecule has 4 nitrogen and oxygen atoms in total. The molecule has 0 saturated carbocycles. The van der Waals surface area contributed by atoms with Crippen LogP contribution < -0.4 is 5.32 Å². The molecule has 0 aliphatic carbocycles. The van der Waals surface area contributed by atoms with Crippen LogP contribution in [0.15, 0.2) is 34.7 Å². The maximum atomic E-state index is 12.3. The van der Waals surface area contributed by atoms with Gasteiger partial charge in [-0.2, -0.15) is 0 Å². The van der Waals surface area contributed by atoms with Gasteiger partial charge in [0.25, 0.3) is 0 Å². The minimum atomic E-state index is 0.0664. The Labute approximate surface area is 146 Å². The van der Waals surface area contributed by atoms with Gasteiger partial charge >= 0.3 is 0 Å². The van der Waals surface area contributed by atoms with E-state index in [0.717, 1.165) is 35.8 Å². The number of thioether (sulfide) groups is 1. The van der Waals surface area contributed by atoms with Crippen molar-refractivity contribution in [2.75, 3.05) is 5.32 Å². The van der Waals surface area contributed by atoms with Crippen molar-refractivity contribution >= 4 is 34.1 Å². The van der Waals surface area contributed by atoms with Gasteiger partial charge in [0.1, 0.15) is 0 Å². The molecule has 1 aromatic carbocycles. The average molecular weight is 350 g/mol. The van der Waals surface area contributed by atoms with Crippen LogP contribution in [0.3, 0.4) is 0 Å². The second kappa shape index (κ2) is 9.67. The monoisotopic (exact) mass is 349 g/mol. The van der Waals surface area contributed by atoms with Crippen molar-refractivity contribution in [1.82, 2.24) is 10.2 Å². The SMILES string of the molecule is CCCC[C@@H](CC)C(=O)Nc1nnc(SCc2ccccc2)s1. The van der Waals surface area contributed by atoms with Crippen molar-refractivity contribution in [1.29, 1.82) is 0 Å². The maximum Gasteiger partial charge on any atom is 0.229 e. The smallest absolute Gasteiger partial charge is 0.229 e. The first-order chi connectivity index (χ1) is 11.2. The third-order valence-corrected chi connectivity index (χ3v) is 5.65. The van der Waals surface area contributed by atoms with E-state index in [1.807, 2.05) is 18.2 Å². The molecule has 6 heteroatoms. The Bertz CT molecular complexity index is 601. The summed E-state index contributed by atoms with van der Waals surface area (Å²) in [6.07, 6.45) is 4.00. The van der Waals surface area contributed by atoms with Gasteiger partial charge in [-0.3, -0.25) is 4.79 Å². The standard InChI is InChI=1S/C17H23N3OS2/c1-3-5-11-14(4-2)15(21)18-16-19-20-17(23-16)22-12-13-9-7-6-8-10-13/h6-10,14H,3-5,11-12H2,1-2H3,(H,18,19,21)/t14-/m1/s1. The number of rotatable bonds is 9. The summed E-state index contributed by atoms with van der Waals surface area (Å²) in [6.45, 7) is 4.20. The summed E-state index contributed by atoms with van der Waals surface area (Å²) in [7, 11) is 0. The van der Waals surface area contributed by atoms with Crippen LogP contribution in [0.25, 0.3) is 0 Å². The molecule has 0 aliphatic rings. The molecule has 2 aromatic rings. The lowest BCUT2D eigenvalue weighted by Crippen LogP contribution is -2.22. The van der Waals surface area contributed by atoms with Gasteiger partial charge < -0.3 is 5.32 Å². The van der Waals surface area contributed by atoms with Gasteiger partial charge in [0.2, 0.25) is 11.0 Å². The van der Waals surface area contributed by atoms with E-state index in [2.05, 4.69) is 41.5 Å². The fourth-order valence-corrected chi connectivity index (χ4v) is 3.93.